The Morgan fingerprint density at radius 2 is 2.05 bits per heavy atom. The molecule has 2 atom stereocenters. The van der Waals surface area contributed by atoms with Gasteiger partial charge >= 0.3 is 0 Å². The van der Waals surface area contributed by atoms with E-state index in [-0.39, 0.29) is 17.9 Å². The molecule has 0 aliphatic carbocycles. The Morgan fingerprint density at radius 3 is 2.63 bits per heavy atom. The van der Waals surface area contributed by atoms with Gasteiger partial charge in [-0.2, -0.15) is 0 Å². The van der Waals surface area contributed by atoms with Crippen molar-refractivity contribution in [2.24, 2.45) is 11.7 Å². The summed E-state index contributed by atoms with van der Waals surface area (Å²) in [6.07, 6.45) is 0.403. The highest BCUT2D eigenvalue weighted by molar-refractivity contribution is 5.99. The van der Waals surface area contributed by atoms with E-state index < -0.39 is 6.10 Å². The van der Waals surface area contributed by atoms with E-state index in [1.807, 2.05) is 39.0 Å². The van der Waals surface area contributed by atoms with E-state index in [9.17, 15) is 4.79 Å². The number of carbonyl (C=O) groups is 1. The molecular weight excluding hydrogens is 240 g/mol. The first-order valence-corrected chi connectivity index (χ1v) is 6.73. The van der Waals surface area contributed by atoms with Crippen LogP contribution in [0, 0.1) is 5.92 Å². The van der Waals surface area contributed by atoms with Crippen molar-refractivity contribution < 1.29 is 9.53 Å². The second kappa shape index (κ2) is 5.21. The highest BCUT2D eigenvalue weighted by Crippen LogP contribution is 2.35. The third-order valence-electron chi connectivity index (χ3n) is 3.38. The van der Waals surface area contributed by atoms with Crippen LogP contribution in [0.15, 0.2) is 18.2 Å². The van der Waals surface area contributed by atoms with Crippen LogP contribution in [0.1, 0.15) is 26.3 Å². The number of anilines is 1. The van der Waals surface area contributed by atoms with Crippen molar-refractivity contribution in [3.05, 3.63) is 23.8 Å². The van der Waals surface area contributed by atoms with Crippen molar-refractivity contribution >= 4 is 11.6 Å². The first-order chi connectivity index (χ1) is 8.90. The number of benzene rings is 1. The van der Waals surface area contributed by atoms with Crippen LogP contribution in [0.2, 0.25) is 0 Å². The lowest BCUT2D eigenvalue weighted by atomic mass is 10.0. The maximum atomic E-state index is 12.2. The van der Waals surface area contributed by atoms with Gasteiger partial charge in [-0.05, 0) is 37.0 Å². The Morgan fingerprint density at radius 1 is 1.37 bits per heavy atom. The number of hydrogen-bond acceptors (Lipinski definition) is 3. The van der Waals surface area contributed by atoms with Crippen LogP contribution in [0.3, 0.4) is 0 Å². The summed E-state index contributed by atoms with van der Waals surface area (Å²) < 4.78 is 5.81. The molecule has 104 valence electrons. The standard InChI is InChI=1S/C15H22N2O2/c1-9(2)14-15(18)17(4)12-8-11(7-10(3)16)5-6-13(12)19-14/h5-6,8-10,14H,7,16H2,1-4H3. The van der Waals surface area contributed by atoms with E-state index >= 15 is 0 Å². The zero-order valence-corrected chi connectivity index (χ0v) is 12.0. The molecule has 2 N–H and O–H groups in total. The third-order valence-corrected chi connectivity index (χ3v) is 3.38. The van der Waals surface area contributed by atoms with Crippen LogP contribution in [0.4, 0.5) is 5.69 Å². The van der Waals surface area contributed by atoms with Crippen molar-refractivity contribution in [2.75, 3.05) is 11.9 Å². The first kappa shape index (κ1) is 13.9. The van der Waals surface area contributed by atoms with Crippen LogP contribution in [-0.4, -0.2) is 25.1 Å². The van der Waals surface area contributed by atoms with E-state index in [1.54, 1.807) is 11.9 Å². The molecule has 2 rings (SSSR count). The molecular formula is C15H22N2O2. The smallest absolute Gasteiger partial charge is 0.268 e. The summed E-state index contributed by atoms with van der Waals surface area (Å²) in [4.78, 5) is 13.9. The van der Waals surface area contributed by atoms with Gasteiger partial charge in [0, 0.05) is 13.1 Å². The van der Waals surface area contributed by atoms with Crippen LogP contribution >= 0.6 is 0 Å². The summed E-state index contributed by atoms with van der Waals surface area (Å²) in [5.74, 6) is 0.946. The highest BCUT2D eigenvalue weighted by atomic mass is 16.5. The molecule has 0 bridgehead atoms. The molecule has 4 heteroatoms. The van der Waals surface area contributed by atoms with E-state index in [4.69, 9.17) is 10.5 Å². The molecule has 1 aliphatic heterocycles. The minimum Gasteiger partial charge on any atom is -0.478 e. The second-order valence-electron chi connectivity index (χ2n) is 5.66. The van der Waals surface area contributed by atoms with Crippen LogP contribution in [0.25, 0.3) is 0 Å². The van der Waals surface area contributed by atoms with Gasteiger partial charge in [0.2, 0.25) is 0 Å². The SMILES string of the molecule is CC(N)Cc1ccc2c(c1)N(C)C(=O)C(C(C)C)O2. The molecule has 0 fully saturated rings. The molecule has 0 saturated heterocycles. The van der Waals surface area contributed by atoms with E-state index in [0.29, 0.717) is 0 Å². The van der Waals surface area contributed by atoms with Gasteiger partial charge in [0.25, 0.3) is 5.91 Å². The number of ether oxygens (including phenoxy) is 1. The van der Waals surface area contributed by atoms with E-state index in [0.717, 1.165) is 23.4 Å². The number of amides is 1. The van der Waals surface area contributed by atoms with Crippen LogP contribution in [-0.2, 0) is 11.2 Å². The number of carbonyl (C=O) groups excluding carboxylic acids is 1. The van der Waals surface area contributed by atoms with Crippen molar-refractivity contribution in [3.63, 3.8) is 0 Å². The van der Waals surface area contributed by atoms with Gasteiger partial charge in [-0.3, -0.25) is 4.79 Å². The number of rotatable bonds is 3. The first-order valence-electron chi connectivity index (χ1n) is 6.73. The fourth-order valence-corrected chi connectivity index (χ4v) is 2.34. The Bertz CT molecular complexity index is 483. The molecule has 1 heterocycles. The molecule has 1 aliphatic rings. The highest BCUT2D eigenvalue weighted by Gasteiger charge is 2.34. The number of nitrogens with two attached hydrogens (primary N) is 1. The van der Waals surface area contributed by atoms with E-state index in [2.05, 4.69) is 0 Å². The van der Waals surface area contributed by atoms with E-state index in [1.165, 1.54) is 0 Å². The average Bonchev–Trinajstić information content (AvgIpc) is 2.33. The lowest BCUT2D eigenvalue weighted by molar-refractivity contribution is -0.127. The fraction of sp³-hybridized carbons (Fsp3) is 0.533. The van der Waals surface area contributed by atoms with Crippen molar-refractivity contribution in [3.8, 4) is 5.75 Å². The third kappa shape index (κ3) is 2.73. The Labute approximate surface area is 114 Å². The Hall–Kier alpha value is -1.55. The maximum absolute atomic E-state index is 12.2. The minimum atomic E-state index is -0.392. The normalized spacial score (nSPS) is 20.2. The molecule has 19 heavy (non-hydrogen) atoms. The summed E-state index contributed by atoms with van der Waals surface area (Å²) in [5, 5.41) is 0. The van der Waals surface area contributed by atoms with Crippen molar-refractivity contribution in [1.82, 2.24) is 0 Å². The van der Waals surface area contributed by atoms with Crippen LogP contribution in [0.5, 0.6) is 5.75 Å². The Kier molecular flexibility index (Phi) is 3.80. The number of hydrogen-bond donors (Lipinski definition) is 1. The molecule has 1 aromatic carbocycles. The summed E-state index contributed by atoms with van der Waals surface area (Å²) in [6, 6.07) is 6.05. The van der Waals surface area contributed by atoms with Gasteiger partial charge in [0.15, 0.2) is 6.10 Å². The summed E-state index contributed by atoms with van der Waals surface area (Å²) in [5.41, 5.74) is 7.77. The predicted molar refractivity (Wildman–Crippen MR) is 76.5 cm³/mol. The molecule has 0 spiro atoms. The fourth-order valence-electron chi connectivity index (χ4n) is 2.34. The van der Waals surface area contributed by atoms with Gasteiger partial charge in [-0.1, -0.05) is 19.9 Å². The zero-order chi connectivity index (χ0) is 14.2. The summed E-state index contributed by atoms with van der Waals surface area (Å²) in [7, 11) is 1.80. The van der Waals surface area contributed by atoms with Gasteiger partial charge < -0.3 is 15.4 Å². The number of fused-ring (bicyclic) bond motifs is 1. The van der Waals surface area contributed by atoms with Crippen molar-refractivity contribution in [2.45, 2.75) is 39.3 Å². The monoisotopic (exact) mass is 262 g/mol. The molecule has 0 radical (unpaired) electrons. The lowest BCUT2D eigenvalue weighted by Crippen LogP contribution is -2.46. The van der Waals surface area contributed by atoms with Crippen LogP contribution < -0.4 is 15.4 Å². The minimum absolute atomic E-state index is 0.0143. The van der Waals surface area contributed by atoms with Gasteiger partial charge in [-0.15, -0.1) is 0 Å². The topological polar surface area (TPSA) is 55.6 Å². The maximum Gasteiger partial charge on any atom is 0.268 e. The summed E-state index contributed by atoms with van der Waals surface area (Å²) >= 11 is 0. The molecule has 0 saturated carbocycles. The molecule has 4 nitrogen and oxygen atoms in total. The number of likely N-dealkylation sites (N-methyl/N-ethyl adjacent to an activating group) is 1. The van der Waals surface area contributed by atoms with Gasteiger partial charge in [-0.25, -0.2) is 0 Å². The zero-order valence-electron chi connectivity index (χ0n) is 12.0. The Balaban J connectivity index is 2.33. The predicted octanol–water partition coefficient (Wildman–Crippen LogP) is 1.96. The molecule has 1 amide bonds. The average molecular weight is 262 g/mol. The van der Waals surface area contributed by atoms with Gasteiger partial charge in [0.05, 0.1) is 5.69 Å². The largest absolute Gasteiger partial charge is 0.478 e. The number of nitrogens with zero attached hydrogens (tertiary/aromatic N) is 1. The second-order valence-corrected chi connectivity index (χ2v) is 5.66. The summed E-state index contributed by atoms with van der Waals surface area (Å²) in [6.45, 7) is 5.96. The van der Waals surface area contributed by atoms with Gasteiger partial charge in [0.1, 0.15) is 5.75 Å². The quantitative estimate of drug-likeness (QED) is 0.906. The molecule has 0 aromatic heterocycles. The van der Waals surface area contributed by atoms with Crippen molar-refractivity contribution in [1.29, 1.82) is 0 Å². The molecule has 2 unspecified atom stereocenters. The lowest BCUT2D eigenvalue weighted by Gasteiger charge is -2.34. The molecule has 1 aromatic rings.